The summed E-state index contributed by atoms with van der Waals surface area (Å²) in [6, 6.07) is 36.9. The monoisotopic (exact) mass is 374 g/mol. The molecule has 0 aliphatic carbocycles. The molecule has 5 aromatic rings. The first kappa shape index (κ1) is 17.1. The van der Waals surface area contributed by atoms with Crippen molar-refractivity contribution in [3.05, 3.63) is 109 Å². The van der Waals surface area contributed by atoms with Gasteiger partial charge in [-0.1, -0.05) is 84.9 Å². The van der Waals surface area contributed by atoms with E-state index >= 15 is 0 Å². The van der Waals surface area contributed by atoms with Crippen LogP contribution < -0.4 is 0 Å². The molecule has 0 saturated carbocycles. The molecule has 0 aliphatic heterocycles. The van der Waals surface area contributed by atoms with E-state index < -0.39 is 0 Å². The van der Waals surface area contributed by atoms with Crippen LogP contribution in [0, 0.1) is 0 Å². The molecule has 0 bridgehead atoms. The number of hydrogen-bond donors (Lipinski definition) is 0. The lowest BCUT2D eigenvalue weighted by atomic mass is 10.0. The Morgan fingerprint density at radius 3 is 1.21 bits per heavy atom. The zero-order chi connectivity index (χ0) is 19.5. The van der Waals surface area contributed by atoms with E-state index in [0.717, 1.165) is 33.4 Å². The normalized spacial score (nSPS) is 10.8. The highest BCUT2D eigenvalue weighted by molar-refractivity contribution is 5.71. The largest absolute Gasteiger partial charge is 0.416 e. The molecule has 0 unspecified atom stereocenters. The summed E-state index contributed by atoms with van der Waals surface area (Å²) in [5, 5.41) is 8.57. The Morgan fingerprint density at radius 2 is 0.759 bits per heavy atom. The second-order valence-corrected chi connectivity index (χ2v) is 6.81. The molecule has 0 N–H and O–H groups in total. The molecule has 0 amide bonds. The third-order valence-corrected chi connectivity index (χ3v) is 4.86. The number of aromatic nitrogens is 2. The summed E-state index contributed by atoms with van der Waals surface area (Å²) < 4.78 is 6.02. The lowest BCUT2D eigenvalue weighted by Crippen LogP contribution is -1.81. The second kappa shape index (κ2) is 7.56. The van der Waals surface area contributed by atoms with Gasteiger partial charge in [-0.15, -0.1) is 10.2 Å². The fourth-order valence-electron chi connectivity index (χ4n) is 3.38. The maximum atomic E-state index is 6.02. The molecule has 1 heterocycles. The van der Waals surface area contributed by atoms with Gasteiger partial charge in [0.25, 0.3) is 0 Å². The molecular weight excluding hydrogens is 356 g/mol. The molecule has 0 fully saturated rings. The first-order valence-electron chi connectivity index (χ1n) is 9.52. The molecule has 4 aromatic carbocycles. The molecule has 0 spiro atoms. The van der Waals surface area contributed by atoms with Crippen molar-refractivity contribution in [3.63, 3.8) is 0 Å². The van der Waals surface area contributed by atoms with E-state index in [9.17, 15) is 0 Å². The maximum Gasteiger partial charge on any atom is 0.248 e. The van der Waals surface area contributed by atoms with Crippen molar-refractivity contribution in [1.29, 1.82) is 0 Å². The van der Waals surface area contributed by atoms with Crippen LogP contribution >= 0.6 is 0 Å². The zero-order valence-corrected chi connectivity index (χ0v) is 15.7. The molecule has 5 rings (SSSR count). The van der Waals surface area contributed by atoms with Crippen LogP contribution in [0.15, 0.2) is 114 Å². The summed E-state index contributed by atoms with van der Waals surface area (Å²) >= 11 is 0. The van der Waals surface area contributed by atoms with E-state index in [4.69, 9.17) is 4.42 Å². The van der Waals surface area contributed by atoms with Crippen molar-refractivity contribution in [2.75, 3.05) is 0 Å². The lowest BCUT2D eigenvalue weighted by molar-refractivity contribution is 0.584. The van der Waals surface area contributed by atoms with Crippen molar-refractivity contribution in [2.24, 2.45) is 0 Å². The second-order valence-electron chi connectivity index (χ2n) is 6.81. The summed E-state index contributed by atoms with van der Waals surface area (Å²) in [6.07, 6.45) is 0. The van der Waals surface area contributed by atoms with Gasteiger partial charge >= 0.3 is 0 Å². The summed E-state index contributed by atoms with van der Waals surface area (Å²) in [4.78, 5) is 0. The Balaban J connectivity index is 1.48. The highest BCUT2D eigenvalue weighted by Crippen LogP contribution is 2.29. The summed E-state index contributed by atoms with van der Waals surface area (Å²) in [5.41, 5.74) is 6.37. The van der Waals surface area contributed by atoms with Gasteiger partial charge in [0.05, 0.1) is 0 Å². The van der Waals surface area contributed by atoms with Gasteiger partial charge in [-0.25, -0.2) is 0 Å². The van der Waals surface area contributed by atoms with Crippen LogP contribution in [0.3, 0.4) is 0 Å². The molecule has 138 valence electrons. The Hall–Kier alpha value is -3.98. The highest BCUT2D eigenvalue weighted by atomic mass is 16.4. The van der Waals surface area contributed by atoms with Gasteiger partial charge in [0.15, 0.2) is 0 Å². The minimum Gasteiger partial charge on any atom is -0.416 e. The van der Waals surface area contributed by atoms with Crippen molar-refractivity contribution >= 4 is 0 Å². The SMILES string of the molecule is c1ccc(-c2cccc(-c3nnc(-c4cccc(-c5ccccc5)c4)o3)c2)cc1. The average Bonchev–Trinajstić information content (AvgIpc) is 3.31. The topological polar surface area (TPSA) is 38.9 Å². The zero-order valence-electron chi connectivity index (χ0n) is 15.7. The van der Waals surface area contributed by atoms with Gasteiger partial charge < -0.3 is 4.42 Å². The summed E-state index contributed by atoms with van der Waals surface area (Å²) in [5.74, 6) is 1.03. The van der Waals surface area contributed by atoms with Gasteiger partial charge in [-0.2, -0.15) is 0 Å². The van der Waals surface area contributed by atoms with Crippen LogP contribution in [0.1, 0.15) is 0 Å². The van der Waals surface area contributed by atoms with Crippen LogP contribution in [0.4, 0.5) is 0 Å². The van der Waals surface area contributed by atoms with Crippen molar-refractivity contribution in [1.82, 2.24) is 10.2 Å². The summed E-state index contributed by atoms with van der Waals surface area (Å²) in [7, 11) is 0. The quantitative estimate of drug-likeness (QED) is 0.350. The van der Waals surface area contributed by atoms with Crippen molar-refractivity contribution in [2.45, 2.75) is 0 Å². The maximum absolute atomic E-state index is 6.02. The first-order valence-corrected chi connectivity index (χ1v) is 9.52. The van der Waals surface area contributed by atoms with Gasteiger partial charge in [0.1, 0.15) is 0 Å². The first-order chi connectivity index (χ1) is 14.4. The third-order valence-electron chi connectivity index (χ3n) is 4.86. The van der Waals surface area contributed by atoms with E-state index in [-0.39, 0.29) is 0 Å². The fourth-order valence-corrected chi connectivity index (χ4v) is 3.38. The van der Waals surface area contributed by atoms with E-state index in [1.54, 1.807) is 0 Å². The van der Waals surface area contributed by atoms with Crippen LogP contribution in [0.25, 0.3) is 45.2 Å². The van der Waals surface area contributed by atoms with Crippen molar-refractivity contribution in [3.8, 4) is 45.2 Å². The van der Waals surface area contributed by atoms with Gasteiger partial charge in [-0.05, 0) is 46.5 Å². The molecule has 3 heteroatoms. The predicted octanol–water partition coefficient (Wildman–Crippen LogP) is 6.74. The number of benzene rings is 4. The van der Waals surface area contributed by atoms with E-state index in [1.807, 2.05) is 60.7 Å². The highest BCUT2D eigenvalue weighted by Gasteiger charge is 2.12. The molecular formula is C26H18N2O. The molecule has 1 aromatic heterocycles. The molecule has 3 nitrogen and oxygen atoms in total. The van der Waals surface area contributed by atoms with Gasteiger partial charge in [0.2, 0.25) is 11.8 Å². The number of nitrogens with zero attached hydrogens (tertiary/aromatic N) is 2. The third kappa shape index (κ3) is 3.58. The fraction of sp³-hybridized carbons (Fsp3) is 0. The average molecular weight is 374 g/mol. The minimum absolute atomic E-state index is 0.517. The number of hydrogen-bond acceptors (Lipinski definition) is 3. The Kier molecular flexibility index (Phi) is 4.47. The molecule has 0 radical (unpaired) electrons. The molecule has 29 heavy (non-hydrogen) atoms. The Bertz CT molecular complexity index is 1150. The Morgan fingerprint density at radius 1 is 0.379 bits per heavy atom. The van der Waals surface area contributed by atoms with Gasteiger partial charge in [-0.3, -0.25) is 0 Å². The van der Waals surface area contributed by atoms with Gasteiger partial charge in [0, 0.05) is 11.1 Å². The molecule has 0 saturated heterocycles. The minimum atomic E-state index is 0.517. The van der Waals surface area contributed by atoms with E-state index in [1.165, 1.54) is 0 Å². The van der Waals surface area contributed by atoms with Crippen LogP contribution in [-0.4, -0.2) is 10.2 Å². The predicted molar refractivity (Wildman–Crippen MR) is 116 cm³/mol. The van der Waals surface area contributed by atoms with Crippen LogP contribution in [0.2, 0.25) is 0 Å². The summed E-state index contributed by atoms with van der Waals surface area (Å²) in [6.45, 7) is 0. The van der Waals surface area contributed by atoms with Crippen molar-refractivity contribution < 1.29 is 4.42 Å². The smallest absolute Gasteiger partial charge is 0.248 e. The van der Waals surface area contributed by atoms with E-state index in [2.05, 4.69) is 58.7 Å². The number of rotatable bonds is 4. The molecule has 0 atom stereocenters. The van der Waals surface area contributed by atoms with E-state index in [0.29, 0.717) is 11.8 Å². The standard InChI is InChI=1S/C26H18N2O/c1-3-9-19(10-4-1)21-13-7-15-23(17-21)25-27-28-26(29-25)24-16-8-14-22(18-24)20-11-5-2-6-12-20/h1-18H. The van der Waals surface area contributed by atoms with Crippen LogP contribution in [0.5, 0.6) is 0 Å². The van der Waals surface area contributed by atoms with Crippen LogP contribution in [-0.2, 0) is 0 Å². The lowest BCUT2D eigenvalue weighted by Gasteiger charge is -2.03. The molecule has 0 aliphatic rings. The Labute approximate surface area is 169 Å².